The quantitative estimate of drug-likeness (QED) is 0.459. The fourth-order valence-corrected chi connectivity index (χ4v) is 4.73. The molecule has 2 aromatic carbocycles. The van der Waals surface area contributed by atoms with Crippen molar-refractivity contribution >= 4 is 49.1 Å². The molecular formula is C21H14BrN3O2S. The monoisotopic (exact) mass is 451 g/mol. The molecule has 28 heavy (non-hydrogen) atoms. The van der Waals surface area contributed by atoms with Crippen LogP contribution in [0.3, 0.4) is 0 Å². The molecule has 4 aromatic rings. The van der Waals surface area contributed by atoms with Crippen LogP contribution < -0.4 is 11.0 Å². The maximum atomic E-state index is 12.5. The van der Waals surface area contributed by atoms with Crippen molar-refractivity contribution in [2.45, 2.75) is 12.8 Å². The lowest BCUT2D eigenvalue weighted by molar-refractivity contribution is 0.786. The number of para-hydroxylation sites is 1. The first kappa shape index (κ1) is 17.3. The lowest BCUT2D eigenvalue weighted by atomic mass is 10.1. The van der Waals surface area contributed by atoms with E-state index in [1.54, 1.807) is 4.68 Å². The maximum Gasteiger partial charge on any atom is 0.310 e. The van der Waals surface area contributed by atoms with Gasteiger partial charge in [-0.15, -0.1) is 0 Å². The Hall–Kier alpha value is -2.77. The standard InChI is InChI=1S/C21H14BrN3O2S/c22-14-8-5-12(6-9-14)11-13-7-10-15-18(13)25(24-20(27)19(15)26)21-23-16-3-1-2-4-17(16)28-21/h1-6,8-9,11H,7,10H2,(H,24,27). The molecule has 0 aliphatic heterocycles. The minimum Gasteiger partial charge on any atom is -0.283 e. The molecule has 0 fully saturated rings. The van der Waals surface area contributed by atoms with Crippen molar-refractivity contribution in [1.82, 2.24) is 14.8 Å². The van der Waals surface area contributed by atoms with Crippen molar-refractivity contribution in [3.05, 3.63) is 90.4 Å². The van der Waals surface area contributed by atoms with Crippen molar-refractivity contribution in [1.29, 1.82) is 0 Å². The Bertz CT molecular complexity index is 1330. The molecule has 5 nitrogen and oxygen atoms in total. The number of nitrogens with one attached hydrogen (secondary N) is 1. The molecule has 1 aliphatic carbocycles. The van der Waals surface area contributed by atoms with Crippen LogP contribution in [0, 0.1) is 0 Å². The maximum absolute atomic E-state index is 12.5. The van der Waals surface area contributed by atoms with Gasteiger partial charge in [-0.25, -0.2) is 9.67 Å². The molecular weight excluding hydrogens is 438 g/mol. The largest absolute Gasteiger partial charge is 0.310 e. The smallest absolute Gasteiger partial charge is 0.283 e. The van der Waals surface area contributed by atoms with Gasteiger partial charge in [-0.1, -0.05) is 51.5 Å². The molecule has 0 saturated carbocycles. The number of nitrogens with zero attached hydrogens (tertiary/aromatic N) is 2. The van der Waals surface area contributed by atoms with E-state index in [4.69, 9.17) is 0 Å². The van der Waals surface area contributed by atoms with Gasteiger partial charge in [-0.05, 0) is 54.3 Å². The van der Waals surface area contributed by atoms with Gasteiger partial charge in [0.15, 0.2) is 0 Å². The van der Waals surface area contributed by atoms with Gasteiger partial charge >= 0.3 is 5.56 Å². The van der Waals surface area contributed by atoms with Gasteiger partial charge in [0.1, 0.15) is 0 Å². The van der Waals surface area contributed by atoms with Crippen molar-refractivity contribution in [2.24, 2.45) is 0 Å². The van der Waals surface area contributed by atoms with Crippen LogP contribution in [0.5, 0.6) is 0 Å². The number of allylic oxidation sites excluding steroid dienone is 1. The molecule has 5 rings (SSSR count). The van der Waals surface area contributed by atoms with Gasteiger partial charge in [0.2, 0.25) is 10.6 Å². The third kappa shape index (κ3) is 2.87. The highest BCUT2D eigenvalue weighted by atomic mass is 79.9. The minimum absolute atomic E-state index is 0.452. The number of thiazole rings is 1. The number of hydrogen-bond acceptors (Lipinski definition) is 4. The van der Waals surface area contributed by atoms with E-state index in [1.807, 2.05) is 48.5 Å². The minimum atomic E-state index is -0.608. The summed E-state index contributed by atoms with van der Waals surface area (Å²) in [6.45, 7) is 0. The molecule has 2 heterocycles. The van der Waals surface area contributed by atoms with Crippen LogP contribution in [0.2, 0.25) is 0 Å². The third-order valence-corrected chi connectivity index (χ3v) is 6.39. The first-order valence-corrected chi connectivity index (χ1v) is 10.4. The molecule has 0 unspecified atom stereocenters. The van der Waals surface area contributed by atoms with E-state index in [-0.39, 0.29) is 0 Å². The number of hydrogen-bond donors (Lipinski definition) is 1. The summed E-state index contributed by atoms with van der Waals surface area (Å²) >= 11 is 4.94. The Morgan fingerprint density at radius 2 is 1.86 bits per heavy atom. The molecule has 2 aromatic heterocycles. The molecule has 0 atom stereocenters. The van der Waals surface area contributed by atoms with E-state index in [9.17, 15) is 9.59 Å². The zero-order valence-electron chi connectivity index (χ0n) is 14.6. The lowest BCUT2D eigenvalue weighted by Gasteiger charge is -2.10. The lowest BCUT2D eigenvalue weighted by Crippen LogP contribution is -2.34. The summed E-state index contributed by atoms with van der Waals surface area (Å²) in [4.78, 5) is 29.4. The topological polar surface area (TPSA) is 67.8 Å². The Morgan fingerprint density at radius 1 is 1.07 bits per heavy atom. The van der Waals surface area contributed by atoms with E-state index in [2.05, 4.69) is 32.1 Å². The Kier molecular flexibility index (Phi) is 4.14. The van der Waals surface area contributed by atoms with Crippen LogP contribution in [0.15, 0.2) is 62.6 Å². The average Bonchev–Trinajstić information content (AvgIpc) is 3.31. The second-order valence-corrected chi connectivity index (χ2v) is 8.54. The average molecular weight is 452 g/mol. The van der Waals surface area contributed by atoms with E-state index < -0.39 is 11.0 Å². The summed E-state index contributed by atoms with van der Waals surface area (Å²) in [5.41, 5.74) is 3.19. The van der Waals surface area contributed by atoms with E-state index >= 15 is 0 Å². The predicted octanol–water partition coefficient (Wildman–Crippen LogP) is 4.38. The van der Waals surface area contributed by atoms with Gasteiger partial charge < -0.3 is 0 Å². The van der Waals surface area contributed by atoms with Crippen LogP contribution in [0.4, 0.5) is 0 Å². The highest BCUT2D eigenvalue weighted by molar-refractivity contribution is 9.10. The zero-order chi connectivity index (χ0) is 19.3. The summed E-state index contributed by atoms with van der Waals surface area (Å²) in [6.07, 6.45) is 3.34. The number of aromatic amines is 1. The first-order chi connectivity index (χ1) is 13.6. The van der Waals surface area contributed by atoms with E-state index in [1.165, 1.54) is 11.3 Å². The highest BCUT2D eigenvalue weighted by Gasteiger charge is 2.26. The van der Waals surface area contributed by atoms with Gasteiger partial charge in [0, 0.05) is 10.0 Å². The number of rotatable bonds is 2. The number of H-pyrrole nitrogens is 1. The van der Waals surface area contributed by atoms with E-state index in [0.29, 0.717) is 23.5 Å². The second kappa shape index (κ2) is 6.68. The van der Waals surface area contributed by atoms with Gasteiger partial charge in [-0.3, -0.25) is 14.7 Å². The molecule has 7 heteroatoms. The summed E-state index contributed by atoms with van der Waals surface area (Å²) in [6, 6.07) is 15.8. The molecule has 1 N–H and O–H groups in total. The Balaban J connectivity index is 1.74. The summed E-state index contributed by atoms with van der Waals surface area (Å²) in [5.74, 6) is 0. The van der Waals surface area contributed by atoms with Crippen molar-refractivity contribution < 1.29 is 0 Å². The van der Waals surface area contributed by atoms with Crippen LogP contribution in [-0.4, -0.2) is 14.8 Å². The molecule has 0 bridgehead atoms. The molecule has 0 spiro atoms. The fourth-order valence-electron chi connectivity index (χ4n) is 3.54. The second-order valence-electron chi connectivity index (χ2n) is 6.62. The number of benzene rings is 2. The zero-order valence-corrected chi connectivity index (χ0v) is 17.0. The molecule has 0 saturated heterocycles. The van der Waals surface area contributed by atoms with Crippen molar-refractivity contribution in [2.75, 3.05) is 0 Å². The molecule has 0 radical (unpaired) electrons. The molecule has 1 aliphatic rings. The highest BCUT2D eigenvalue weighted by Crippen LogP contribution is 2.34. The SMILES string of the molecule is O=c1[nH]n(-c2nc3ccccc3s2)c2c(c1=O)CCC2=Cc1ccc(Br)cc1. The van der Waals surface area contributed by atoms with Crippen molar-refractivity contribution in [3.8, 4) is 5.13 Å². The molecule has 0 amide bonds. The summed E-state index contributed by atoms with van der Waals surface area (Å²) in [7, 11) is 0. The normalized spacial score (nSPS) is 14.7. The Labute approximate surface area is 172 Å². The third-order valence-electron chi connectivity index (χ3n) is 4.84. The van der Waals surface area contributed by atoms with Crippen molar-refractivity contribution in [3.63, 3.8) is 0 Å². The van der Waals surface area contributed by atoms with Crippen LogP contribution in [0.1, 0.15) is 23.2 Å². The predicted molar refractivity (Wildman–Crippen MR) is 116 cm³/mol. The fraction of sp³-hybridized carbons (Fsp3) is 0.0952. The number of halogens is 1. The summed E-state index contributed by atoms with van der Waals surface area (Å²) in [5, 5.41) is 3.38. The Morgan fingerprint density at radius 3 is 2.64 bits per heavy atom. The van der Waals surface area contributed by atoms with Gasteiger partial charge in [0.05, 0.1) is 15.9 Å². The van der Waals surface area contributed by atoms with Gasteiger partial charge in [-0.2, -0.15) is 0 Å². The number of aromatic nitrogens is 3. The van der Waals surface area contributed by atoms with Crippen LogP contribution >= 0.6 is 27.3 Å². The first-order valence-electron chi connectivity index (χ1n) is 8.81. The van der Waals surface area contributed by atoms with Crippen LogP contribution in [0.25, 0.3) is 27.0 Å². The van der Waals surface area contributed by atoms with E-state index in [0.717, 1.165) is 31.5 Å². The summed E-state index contributed by atoms with van der Waals surface area (Å²) < 4.78 is 3.72. The molecule has 138 valence electrons. The van der Waals surface area contributed by atoms with Crippen LogP contribution in [-0.2, 0) is 6.42 Å². The number of fused-ring (bicyclic) bond motifs is 2. The van der Waals surface area contributed by atoms with Gasteiger partial charge in [0.25, 0.3) is 0 Å².